The van der Waals surface area contributed by atoms with Crippen molar-refractivity contribution in [3.63, 3.8) is 0 Å². The Morgan fingerprint density at radius 3 is 2.62 bits per heavy atom. The molecule has 0 N–H and O–H groups in total. The number of nitrogens with zero attached hydrogens (tertiary/aromatic N) is 3. The van der Waals surface area contributed by atoms with Gasteiger partial charge < -0.3 is 14.4 Å². The number of hydrogen-bond acceptors (Lipinski definition) is 5. The molecule has 6 heteroatoms. The minimum absolute atomic E-state index is 0.170. The summed E-state index contributed by atoms with van der Waals surface area (Å²) in [5.74, 6) is 2.81. The molecule has 0 spiro atoms. The molecular formula is C20H25N3O3. The molecule has 2 aliphatic rings. The molecule has 26 heavy (non-hydrogen) atoms. The van der Waals surface area contributed by atoms with Crippen LogP contribution in [0.3, 0.4) is 0 Å². The van der Waals surface area contributed by atoms with Crippen LogP contribution in [0.5, 0.6) is 11.5 Å². The number of anilines is 1. The van der Waals surface area contributed by atoms with Crippen molar-refractivity contribution in [2.75, 3.05) is 32.2 Å². The number of benzene rings is 1. The highest BCUT2D eigenvalue weighted by Gasteiger charge is 2.24. The molecule has 0 amide bonds. The minimum atomic E-state index is -0.170. The van der Waals surface area contributed by atoms with Gasteiger partial charge in [0.15, 0.2) is 11.5 Å². The van der Waals surface area contributed by atoms with Crippen molar-refractivity contribution in [1.29, 1.82) is 0 Å². The molecule has 138 valence electrons. The summed E-state index contributed by atoms with van der Waals surface area (Å²) in [6.45, 7) is 4.80. The Balaban J connectivity index is 1.83. The molecule has 0 bridgehead atoms. The molecule has 1 aromatic heterocycles. The first-order valence-corrected chi connectivity index (χ1v) is 9.23. The zero-order chi connectivity index (χ0) is 18.3. The van der Waals surface area contributed by atoms with Crippen LogP contribution < -0.4 is 20.1 Å². The standard InChI is InChI=1S/C20H25N3O3/c1-13-5-4-7-22(12-13)19-11-16-15-10-18(26-3)17(25-2)9-14(15)6-8-23(16)20(24)21-19/h9-11,13H,4-8,12H2,1-3H3/t13-/m0/s1. The molecule has 0 saturated carbocycles. The lowest BCUT2D eigenvalue weighted by Crippen LogP contribution is -2.37. The molecule has 1 aromatic carbocycles. The molecule has 0 radical (unpaired) electrons. The van der Waals surface area contributed by atoms with Gasteiger partial charge in [-0.25, -0.2) is 4.79 Å². The molecule has 2 aliphatic heterocycles. The summed E-state index contributed by atoms with van der Waals surface area (Å²) in [7, 11) is 3.28. The molecule has 1 atom stereocenters. The number of hydrogen-bond donors (Lipinski definition) is 0. The fourth-order valence-electron chi connectivity index (χ4n) is 4.09. The van der Waals surface area contributed by atoms with E-state index >= 15 is 0 Å². The molecule has 3 heterocycles. The van der Waals surface area contributed by atoms with Gasteiger partial charge in [0, 0.05) is 31.3 Å². The van der Waals surface area contributed by atoms with Crippen LogP contribution in [0.15, 0.2) is 23.0 Å². The van der Waals surface area contributed by atoms with Crippen LogP contribution in [-0.2, 0) is 13.0 Å². The Morgan fingerprint density at radius 2 is 1.88 bits per heavy atom. The zero-order valence-electron chi connectivity index (χ0n) is 15.6. The van der Waals surface area contributed by atoms with Crippen LogP contribution in [0.1, 0.15) is 25.3 Å². The van der Waals surface area contributed by atoms with Gasteiger partial charge >= 0.3 is 5.69 Å². The first kappa shape index (κ1) is 16.9. The van der Waals surface area contributed by atoms with Crippen molar-refractivity contribution in [1.82, 2.24) is 9.55 Å². The molecular weight excluding hydrogens is 330 g/mol. The third-order valence-electron chi connectivity index (χ3n) is 5.47. The first-order chi connectivity index (χ1) is 12.6. The van der Waals surface area contributed by atoms with Crippen LogP contribution in [0, 0.1) is 5.92 Å². The van der Waals surface area contributed by atoms with Gasteiger partial charge in [-0.3, -0.25) is 4.57 Å². The van der Waals surface area contributed by atoms with Gasteiger partial charge in [0.1, 0.15) is 5.82 Å². The molecule has 1 fully saturated rings. The molecule has 6 nitrogen and oxygen atoms in total. The maximum atomic E-state index is 12.7. The summed E-state index contributed by atoms with van der Waals surface area (Å²) in [5, 5.41) is 0. The topological polar surface area (TPSA) is 56.6 Å². The van der Waals surface area contributed by atoms with Crippen molar-refractivity contribution in [3.05, 3.63) is 34.2 Å². The zero-order valence-corrected chi connectivity index (χ0v) is 15.6. The molecule has 1 saturated heterocycles. The smallest absolute Gasteiger partial charge is 0.350 e. The Bertz CT molecular complexity index is 891. The lowest BCUT2D eigenvalue weighted by atomic mass is 9.96. The summed E-state index contributed by atoms with van der Waals surface area (Å²) >= 11 is 0. The number of aromatic nitrogens is 2. The Kier molecular flexibility index (Phi) is 4.34. The number of piperidine rings is 1. The second kappa shape index (κ2) is 6.67. The maximum absolute atomic E-state index is 12.7. The van der Waals surface area contributed by atoms with Crippen molar-refractivity contribution in [2.45, 2.75) is 32.7 Å². The van der Waals surface area contributed by atoms with E-state index in [0.29, 0.717) is 18.2 Å². The number of fused-ring (bicyclic) bond motifs is 3. The number of aryl methyl sites for hydroxylation is 1. The molecule has 0 aliphatic carbocycles. The quantitative estimate of drug-likeness (QED) is 0.847. The highest BCUT2D eigenvalue weighted by molar-refractivity contribution is 5.72. The predicted octanol–water partition coefficient (Wildman–Crippen LogP) is 2.72. The number of methoxy groups -OCH3 is 2. The van der Waals surface area contributed by atoms with Crippen LogP contribution in [-0.4, -0.2) is 36.9 Å². The van der Waals surface area contributed by atoms with E-state index in [0.717, 1.165) is 48.8 Å². The summed E-state index contributed by atoms with van der Waals surface area (Å²) in [6, 6.07) is 6.05. The summed E-state index contributed by atoms with van der Waals surface area (Å²) in [5.41, 5.74) is 2.95. The minimum Gasteiger partial charge on any atom is -0.493 e. The Morgan fingerprint density at radius 1 is 1.12 bits per heavy atom. The number of ether oxygens (including phenoxy) is 2. The SMILES string of the molecule is COc1cc2c(cc1OC)-c1cc(N3CCC[C@H](C)C3)nc(=O)n1CC2. The highest BCUT2D eigenvalue weighted by Crippen LogP contribution is 2.38. The Labute approximate surface area is 153 Å². The Hall–Kier alpha value is -2.50. The van der Waals surface area contributed by atoms with Crippen LogP contribution in [0.2, 0.25) is 0 Å². The van der Waals surface area contributed by atoms with E-state index in [1.165, 1.54) is 12.0 Å². The fraction of sp³-hybridized carbons (Fsp3) is 0.500. The number of rotatable bonds is 3. The second-order valence-electron chi connectivity index (χ2n) is 7.24. The lowest BCUT2D eigenvalue weighted by Gasteiger charge is -2.32. The van der Waals surface area contributed by atoms with E-state index in [4.69, 9.17) is 9.47 Å². The van der Waals surface area contributed by atoms with Gasteiger partial charge in [-0.05, 0) is 42.9 Å². The second-order valence-corrected chi connectivity index (χ2v) is 7.24. The van der Waals surface area contributed by atoms with Crippen LogP contribution in [0.4, 0.5) is 5.82 Å². The van der Waals surface area contributed by atoms with Gasteiger partial charge in [-0.15, -0.1) is 0 Å². The highest BCUT2D eigenvalue weighted by atomic mass is 16.5. The van der Waals surface area contributed by atoms with Gasteiger partial charge in [-0.2, -0.15) is 4.98 Å². The average Bonchev–Trinajstić information content (AvgIpc) is 2.66. The molecule has 4 rings (SSSR count). The van der Waals surface area contributed by atoms with Gasteiger partial charge in [0.2, 0.25) is 0 Å². The summed E-state index contributed by atoms with van der Waals surface area (Å²) < 4.78 is 12.7. The maximum Gasteiger partial charge on any atom is 0.350 e. The average molecular weight is 355 g/mol. The van der Waals surface area contributed by atoms with E-state index in [9.17, 15) is 4.79 Å². The van der Waals surface area contributed by atoms with Gasteiger partial charge in [-0.1, -0.05) is 6.92 Å². The normalized spacial score (nSPS) is 18.9. The van der Waals surface area contributed by atoms with E-state index in [1.54, 1.807) is 18.8 Å². The first-order valence-electron chi connectivity index (χ1n) is 9.23. The summed E-state index contributed by atoms with van der Waals surface area (Å²) in [6.07, 6.45) is 3.16. The van der Waals surface area contributed by atoms with Crippen molar-refractivity contribution >= 4 is 5.82 Å². The summed E-state index contributed by atoms with van der Waals surface area (Å²) in [4.78, 5) is 19.3. The van der Waals surface area contributed by atoms with E-state index in [2.05, 4.69) is 22.9 Å². The van der Waals surface area contributed by atoms with Crippen LogP contribution >= 0.6 is 0 Å². The van der Waals surface area contributed by atoms with Crippen molar-refractivity contribution < 1.29 is 9.47 Å². The predicted molar refractivity (Wildman–Crippen MR) is 101 cm³/mol. The molecule has 0 unspecified atom stereocenters. The van der Waals surface area contributed by atoms with E-state index < -0.39 is 0 Å². The molecule has 2 aromatic rings. The third kappa shape index (κ3) is 2.83. The largest absolute Gasteiger partial charge is 0.493 e. The third-order valence-corrected chi connectivity index (χ3v) is 5.47. The van der Waals surface area contributed by atoms with Gasteiger partial charge in [0.05, 0.1) is 19.9 Å². The van der Waals surface area contributed by atoms with E-state index in [1.807, 2.05) is 12.1 Å². The fourth-order valence-corrected chi connectivity index (χ4v) is 4.09. The lowest BCUT2D eigenvalue weighted by molar-refractivity contribution is 0.354. The van der Waals surface area contributed by atoms with Gasteiger partial charge in [0.25, 0.3) is 0 Å². The van der Waals surface area contributed by atoms with Crippen molar-refractivity contribution in [2.24, 2.45) is 5.92 Å². The monoisotopic (exact) mass is 355 g/mol. The van der Waals surface area contributed by atoms with Crippen LogP contribution in [0.25, 0.3) is 11.3 Å². The van der Waals surface area contributed by atoms with E-state index in [-0.39, 0.29) is 5.69 Å². The van der Waals surface area contributed by atoms with Crippen molar-refractivity contribution in [3.8, 4) is 22.8 Å².